The maximum absolute atomic E-state index is 11.8. The molecule has 0 bridgehead atoms. The number of rotatable bonds is 5. The second-order valence-electron chi connectivity index (χ2n) is 6.02. The van der Waals surface area contributed by atoms with Gasteiger partial charge in [-0.1, -0.05) is 42.5 Å². The first-order chi connectivity index (χ1) is 13.2. The van der Waals surface area contributed by atoms with Crippen molar-refractivity contribution in [3.8, 4) is 22.6 Å². The molecule has 0 aliphatic heterocycles. The monoisotopic (exact) mass is 358 g/mol. The smallest absolute Gasteiger partial charge is 0.374 e. The first-order valence-corrected chi connectivity index (χ1v) is 8.77. The third-order valence-electron chi connectivity index (χ3n) is 4.16. The Labute approximate surface area is 157 Å². The van der Waals surface area contributed by atoms with Gasteiger partial charge >= 0.3 is 5.97 Å². The van der Waals surface area contributed by atoms with Crippen LogP contribution in [0.1, 0.15) is 17.5 Å². The third-order valence-corrected chi connectivity index (χ3v) is 4.16. The number of furan rings is 1. The van der Waals surface area contributed by atoms with Crippen molar-refractivity contribution < 1.29 is 18.7 Å². The standard InChI is InChI=1S/C23H18O4/c1-2-25-23(24)22-15-18-14-20(12-13-21(18)27-22)26-19-10-8-17(9-11-19)16-6-4-3-5-7-16/h3-15H,2H2,1H3. The molecule has 4 rings (SSSR count). The van der Waals surface area contributed by atoms with Crippen molar-refractivity contribution in [1.29, 1.82) is 0 Å². The van der Waals surface area contributed by atoms with Gasteiger partial charge in [-0.15, -0.1) is 0 Å². The molecule has 0 saturated heterocycles. The van der Waals surface area contributed by atoms with Crippen LogP contribution in [0.3, 0.4) is 0 Å². The van der Waals surface area contributed by atoms with Crippen molar-refractivity contribution in [2.45, 2.75) is 6.92 Å². The average Bonchev–Trinajstić information content (AvgIpc) is 3.13. The molecule has 0 aliphatic rings. The molecule has 0 radical (unpaired) electrons. The average molecular weight is 358 g/mol. The predicted molar refractivity (Wildman–Crippen MR) is 104 cm³/mol. The lowest BCUT2D eigenvalue weighted by molar-refractivity contribution is 0.0492. The molecule has 0 unspecified atom stereocenters. The lowest BCUT2D eigenvalue weighted by Crippen LogP contribution is -2.02. The van der Waals surface area contributed by atoms with Gasteiger partial charge < -0.3 is 13.9 Å². The normalized spacial score (nSPS) is 10.7. The van der Waals surface area contributed by atoms with E-state index in [0.717, 1.165) is 22.3 Å². The van der Waals surface area contributed by atoms with Crippen molar-refractivity contribution in [2.75, 3.05) is 6.61 Å². The largest absolute Gasteiger partial charge is 0.460 e. The van der Waals surface area contributed by atoms with Crippen molar-refractivity contribution in [2.24, 2.45) is 0 Å². The molecule has 27 heavy (non-hydrogen) atoms. The maximum Gasteiger partial charge on any atom is 0.374 e. The van der Waals surface area contributed by atoms with Crippen LogP contribution in [0.4, 0.5) is 0 Å². The van der Waals surface area contributed by atoms with Gasteiger partial charge in [0.2, 0.25) is 5.76 Å². The van der Waals surface area contributed by atoms with Crippen LogP contribution in [0.5, 0.6) is 11.5 Å². The van der Waals surface area contributed by atoms with E-state index in [4.69, 9.17) is 13.9 Å². The SMILES string of the molecule is CCOC(=O)c1cc2cc(Oc3ccc(-c4ccccc4)cc3)ccc2o1. The molecule has 0 atom stereocenters. The summed E-state index contributed by atoms with van der Waals surface area (Å²) in [6.45, 7) is 2.07. The molecule has 3 aromatic carbocycles. The van der Waals surface area contributed by atoms with Crippen LogP contribution in [0.2, 0.25) is 0 Å². The summed E-state index contributed by atoms with van der Waals surface area (Å²) in [4.78, 5) is 11.8. The zero-order chi connectivity index (χ0) is 18.6. The van der Waals surface area contributed by atoms with E-state index in [1.165, 1.54) is 0 Å². The Morgan fingerprint density at radius 2 is 1.56 bits per heavy atom. The number of hydrogen-bond donors (Lipinski definition) is 0. The topological polar surface area (TPSA) is 48.7 Å². The maximum atomic E-state index is 11.8. The number of hydrogen-bond acceptors (Lipinski definition) is 4. The van der Waals surface area contributed by atoms with Crippen LogP contribution in [0, 0.1) is 0 Å². The fourth-order valence-electron chi connectivity index (χ4n) is 2.87. The Bertz CT molecular complexity index is 1060. The van der Waals surface area contributed by atoms with E-state index in [1.54, 1.807) is 19.1 Å². The van der Waals surface area contributed by atoms with Gasteiger partial charge in [-0.3, -0.25) is 0 Å². The van der Waals surface area contributed by atoms with E-state index in [-0.39, 0.29) is 5.76 Å². The van der Waals surface area contributed by atoms with Crippen LogP contribution in [0.25, 0.3) is 22.1 Å². The number of carbonyl (C=O) groups is 1. The Morgan fingerprint density at radius 1 is 0.852 bits per heavy atom. The zero-order valence-corrected chi connectivity index (χ0v) is 14.8. The summed E-state index contributed by atoms with van der Waals surface area (Å²) >= 11 is 0. The summed E-state index contributed by atoms with van der Waals surface area (Å²) in [7, 11) is 0. The van der Waals surface area contributed by atoms with Gasteiger partial charge in [-0.25, -0.2) is 4.79 Å². The summed E-state index contributed by atoms with van der Waals surface area (Å²) < 4.78 is 16.4. The molecule has 0 spiro atoms. The number of ether oxygens (including phenoxy) is 2. The second-order valence-corrected chi connectivity index (χ2v) is 6.02. The van der Waals surface area contributed by atoms with E-state index in [2.05, 4.69) is 12.1 Å². The van der Waals surface area contributed by atoms with Crippen LogP contribution in [-0.4, -0.2) is 12.6 Å². The van der Waals surface area contributed by atoms with E-state index in [9.17, 15) is 4.79 Å². The highest BCUT2D eigenvalue weighted by Gasteiger charge is 2.13. The Morgan fingerprint density at radius 3 is 2.30 bits per heavy atom. The summed E-state index contributed by atoms with van der Waals surface area (Å²) in [5.41, 5.74) is 2.91. The highest BCUT2D eigenvalue weighted by molar-refractivity contribution is 5.93. The molecule has 1 heterocycles. The van der Waals surface area contributed by atoms with Gasteiger partial charge in [0.15, 0.2) is 0 Å². The number of esters is 1. The fraction of sp³-hybridized carbons (Fsp3) is 0.0870. The lowest BCUT2D eigenvalue weighted by atomic mass is 10.1. The van der Waals surface area contributed by atoms with Gasteiger partial charge in [-0.2, -0.15) is 0 Å². The summed E-state index contributed by atoms with van der Waals surface area (Å²) in [5.74, 6) is 1.14. The Kier molecular flexibility index (Phi) is 4.62. The van der Waals surface area contributed by atoms with Crippen LogP contribution < -0.4 is 4.74 Å². The van der Waals surface area contributed by atoms with E-state index in [0.29, 0.717) is 17.9 Å². The van der Waals surface area contributed by atoms with Gasteiger partial charge in [-0.05, 0) is 54.4 Å². The minimum atomic E-state index is -0.465. The van der Waals surface area contributed by atoms with Crippen LogP contribution >= 0.6 is 0 Å². The summed E-state index contributed by atoms with van der Waals surface area (Å²) in [6.07, 6.45) is 0. The molecule has 4 aromatic rings. The first-order valence-electron chi connectivity index (χ1n) is 8.77. The first kappa shape index (κ1) is 16.9. The fourth-order valence-corrected chi connectivity index (χ4v) is 2.87. The van der Waals surface area contributed by atoms with Crippen molar-refractivity contribution in [3.63, 3.8) is 0 Å². The highest BCUT2D eigenvalue weighted by Crippen LogP contribution is 2.29. The van der Waals surface area contributed by atoms with Gasteiger partial charge in [0.1, 0.15) is 17.1 Å². The minimum Gasteiger partial charge on any atom is -0.460 e. The number of fused-ring (bicyclic) bond motifs is 1. The second kappa shape index (κ2) is 7.38. The zero-order valence-electron chi connectivity index (χ0n) is 14.8. The van der Waals surface area contributed by atoms with Gasteiger partial charge in [0.25, 0.3) is 0 Å². The highest BCUT2D eigenvalue weighted by atomic mass is 16.5. The van der Waals surface area contributed by atoms with Crippen molar-refractivity contribution >= 4 is 16.9 Å². The van der Waals surface area contributed by atoms with Crippen molar-refractivity contribution in [3.05, 3.63) is 84.6 Å². The molecule has 134 valence electrons. The molecule has 4 nitrogen and oxygen atoms in total. The predicted octanol–water partition coefficient (Wildman–Crippen LogP) is 6.07. The third kappa shape index (κ3) is 3.70. The molecule has 4 heteroatoms. The van der Waals surface area contributed by atoms with Gasteiger partial charge in [0.05, 0.1) is 6.61 Å². The van der Waals surface area contributed by atoms with Gasteiger partial charge in [0, 0.05) is 5.39 Å². The quantitative estimate of drug-likeness (QED) is 0.406. The Balaban J connectivity index is 1.53. The molecular formula is C23H18O4. The van der Waals surface area contributed by atoms with E-state index in [1.807, 2.05) is 54.6 Å². The Hall–Kier alpha value is -3.53. The molecule has 0 aliphatic carbocycles. The van der Waals surface area contributed by atoms with Crippen LogP contribution in [-0.2, 0) is 4.74 Å². The summed E-state index contributed by atoms with van der Waals surface area (Å²) in [6, 6.07) is 25.2. The van der Waals surface area contributed by atoms with E-state index >= 15 is 0 Å². The van der Waals surface area contributed by atoms with E-state index < -0.39 is 5.97 Å². The lowest BCUT2D eigenvalue weighted by Gasteiger charge is -2.07. The molecule has 0 fully saturated rings. The molecular weight excluding hydrogens is 340 g/mol. The molecule has 0 N–H and O–H groups in total. The summed E-state index contributed by atoms with van der Waals surface area (Å²) in [5, 5.41) is 0.788. The molecule has 0 saturated carbocycles. The van der Waals surface area contributed by atoms with Crippen molar-refractivity contribution in [1.82, 2.24) is 0 Å². The minimum absolute atomic E-state index is 0.191. The molecule has 0 amide bonds. The number of carbonyl (C=O) groups excluding carboxylic acids is 1. The van der Waals surface area contributed by atoms with Crippen LogP contribution in [0.15, 0.2) is 83.3 Å². The molecule has 1 aromatic heterocycles. The number of benzene rings is 3.